The van der Waals surface area contributed by atoms with E-state index in [1.165, 1.54) is 0 Å². The number of carboxylic acid groups (broad SMARTS) is 1. The van der Waals surface area contributed by atoms with E-state index in [0.29, 0.717) is 24.2 Å². The van der Waals surface area contributed by atoms with Crippen molar-refractivity contribution in [1.82, 2.24) is 9.88 Å². The topological polar surface area (TPSA) is 126 Å². The van der Waals surface area contributed by atoms with Crippen molar-refractivity contribution < 1.29 is 19.5 Å². The summed E-state index contributed by atoms with van der Waals surface area (Å²) in [4.78, 5) is 43.9. The normalized spacial score (nSPS) is 21.0. The van der Waals surface area contributed by atoms with E-state index in [1.807, 2.05) is 6.07 Å². The number of hydrogen-bond donors (Lipinski definition) is 3. The average molecular weight is 459 g/mol. The molecule has 4 rings (SSSR count). The minimum Gasteiger partial charge on any atom is -0.480 e. The van der Waals surface area contributed by atoms with Gasteiger partial charge in [-0.25, -0.2) is 0 Å². The molecule has 8 nitrogen and oxygen atoms in total. The zero-order valence-corrected chi connectivity index (χ0v) is 18.4. The van der Waals surface area contributed by atoms with Gasteiger partial charge in [-0.3, -0.25) is 24.3 Å². The number of nitrogens with one attached hydrogen (secondary N) is 1. The number of anilines is 1. The van der Waals surface area contributed by atoms with Crippen molar-refractivity contribution in [3.8, 4) is 0 Å². The fraction of sp³-hybridized carbons (Fsp3) is 0.391. The Morgan fingerprint density at radius 2 is 1.94 bits per heavy atom. The quantitative estimate of drug-likeness (QED) is 0.579. The van der Waals surface area contributed by atoms with Crippen molar-refractivity contribution >= 4 is 35.8 Å². The highest BCUT2D eigenvalue weighted by atomic mass is 35.5. The van der Waals surface area contributed by atoms with Crippen LogP contribution in [0, 0.1) is 5.92 Å². The van der Waals surface area contributed by atoms with Crippen LogP contribution in [0.4, 0.5) is 5.69 Å². The molecule has 170 valence electrons. The number of benzene rings is 1. The van der Waals surface area contributed by atoms with Crippen LogP contribution in [0.1, 0.15) is 35.8 Å². The largest absolute Gasteiger partial charge is 0.480 e. The fourth-order valence-corrected chi connectivity index (χ4v) is 4.68. The second-order valence-electron chi connectivity index (χ2n) is 8.10. The lowest BCUT2D eigenvalue weighted by molar-refractivity contribution is -0.146. The number of rotatable bonds is 7. The van der Waals surface area contributed by atoms with Gasteiger partial charge in [-0.15, -0.1) is 12.4 Å². The number of aliphatic carboxylic acids is 1. The number of likely N-dealkylation sites (tertiary alicyclic amines) is 1. The first-order valence-electron chi connectivity index (χ1n) is 10.5. The predicted octanol–water partition coefficient (Wildman–Crippen LogP) is 1.97. The molecular formula is C23H27ClN4O4. The predicted molar refractivity (Wildman–Crippen MR) is 122 cm³/mol. The molecule has 9 heteroatoms. The summed E-state index contributed by atoms with van der Waals surface area (Å²) in [6.07, 6.45) is 2.21. The number of aromatic nitrogens is 1. The molecule has 1 aromatic heterocycles. The molecule has 0 radical (unpaired) electrons. The molecule has 0 bridgehead atoms. The van der Waals surface area contributed by atoms with Gasteiger partial charge in [-0.05, 0) is 37.0 Å². The van der Waals surface area contributed by atoms with E-state index in [9.17, 15) is 19.5 Å². The van der Waals surface area contributed by atoms with E-state index >= 15 is 0 Å². The minimum absolute atomic E-state index is 0. The van der Waals surface area contributed by atoms with Gasteiger partial charge in [0.1, 0.15) is 6.04 Å². The summed E-state index contributed by atoms with van der Waals surface area (Å²) in [6.45, 7) is 1.21. The average Bonchev–Trinajstić information content (AvgIpc) is 3.19. The number of carboxylic acids is 1. The third kappa shape index (κ3) is 4.76. The first kappa shape index (κ1) is 23.7. The number of amides is 1. The number of nitrogens with two attached hydrogens (primary N) is 1. The van der Waals surface area contributed by atoms with E-state index in [4.69, 9.17) is 5.73 Å². The number of halogens is 1. The van der Waals surface area contributed by atoms with Crippen molar-refractivity contribution in [2.24, 2.45) is 11.7 Å². The van der Waals surface area contributed by atoms with Gasteiger partial charge in [-0.2, -0.15) is 0 Å². The zero-order chi connectivity index (χ0) is 22.0. The van der Waals surface area contributed by atoms with Crippen molar-refractivity contribution in [3.63, 3.8) is 0 Å². The van der Waals surface area contributed by atoms with Crippen LogP contribution in [-0.2, 0) is 27.2 Å². The van der Waals surface area contributed by atoms with E-state index < -0.39 is 29.9 Å². The molecular weight excluding hydrogens is 432 g/mol. The molecule has 1 amide bonds. The first-order valence-corrected chi connectivity index (χ1v) is 10.5. The van der Waals surface area contributed by atoms with Gasteiger partial charge in [-0.1, -0.05) is 30.3 Å². The Bertz CT molecular complexity index is 1000. The van der Waals surface area contributed by atoms with Crippen molar-refractivity contribution in [2.45, 2.75) is 37.8 Å². The fourth-order valence-electron chi connectivity index (χ4n) is 4.68. The summed E-state index contributed by atoms with van der Waals surface area (Å²) in [5, 5.41) is 13.2. The number of pyridine rings is 1. The van der Waals surface area contributed by atoms with Gasteiger partial charge in [0.2, 0.25) is 5.91 Å². The number of ketones is 1. The van der Waals surface area contributed by atoms with Crippen LogP contribution in [0.5, 0.6) is 0 Å². The molecule has 2 aliphatic rings. The summed E-state index contributed by atoms with van der Waals surface area (Å²) in [7, 11) is 0. The summed E-state index contributed by atoms with van der Waals surface area (Å²) >= 11 is 0. The number of fused-ring (bicyclic) bond motifs is 1. The molecule has 2 unspecified atom stereocenters. The summed E-state index contributed by atoms with van der Waals surface area (Å²) in [5.41, 5.74) is 8.69. The standard InChI is InChI=1S/C23H26N4O4.ClH/c24-22(29)16-10-12-27(20(23(30)31)14-5-2-1-3-6-14)21(16)19(28)13-15-8-9-17-18(26-15)7-4-11-25-17;/h1-3,5-6,8-9,16,20-21,25H,4,7,10-13H2,(H2,24,29)(H,30,31);1H/t16?,20-,21?;/m1./s1. The van der Waals surface area contributed by atoms with E-state index in [2.05, 4.69) is 10.3 Å². The Morgan fingerprint density at radius 1 is 1.19 bits per heavy atom. The van der Waals surface area contributed by atoms with E-state index in [-0.39, 0.29) is 24.6 Å². The highest BCUT2D eigenvalue weighted by Gasteiger charge is 2.47. The Labute approximate surface area is 192 Å². The Balaban J connectivity index is 0.00000289. The number of hydrogen-bond acceptors (Lipinski definition) is 6. The molecule has 0 aliphatic carbocycles. The summed E-state index contributed by atoms with van der Waals surface area (Å²) in [5.74, 6) is -2.61. The Morgan fingerprint density at radius 3 is 2.62 bits per heavy atom. The molecule has 1 saturated heterocycles. The highest BCUT2D eigenvalue weighted by molar-refractivity contribution is 5.93. The van der Waals surface area contributed by atoms with Crippen LogP contribution in [0.3, 0.4) is 0 Å². The van der Waals surface area contributed by atoms with Gasteiger partial charge in [0.05, 0.1) is 29.8 Å². The van der Waals surface area contributed by atoms with Crippen LogP contribution < -0.4 is 11.1 Å². The lowest BCUT2D eigenvalue weighted by atomic mass is 9.92. The molecule has 2 aromatic rings. The van der Waals surface area contributed by atoms with Crippen LogP contribution >= 0.6 is 12.4 Å². The molecule has 2 aliphatic heterocycles. The Kier molecular flexibility index (Phi) is 7.48. The van der Waals surface area contributed by atoms with Crippen LogP contribution in [0.15, 0.2) is 42.5 Å². The molecule has 32 heavy (non-hydrogen) atoms. The molecule has 1 aromatic carbocycles. The van der Waals surface area contributed by atoms with E-state index in [1.54, 1.807) is 41.3 Å². The van der Waals surface area contributed by atoms with Crippen LogP contribution in [0.25, 0.3) is 0 Å². The lowest BCUT2D eigenvalue weighted by Gasteiger charge is -2.31. The second-order valence-corrected chi connectivity index (χ2v) is 8.10. The monoisotopic (exact) mass is 458 g/mol. The summed E-state index contributed by atoms with van der Waals surface area (Å²) < 4.78 is 0. The van der Waals surface area contributed by atoms with Gasteiger partial charge in [0.15, 0.2) is 5.78 Å². The third-order valence-electron chi connectivity index (χ3n) is 6.11. The maximum absolute atomic E-state index is 13.4. The SMILES string of the molecule is Cl.NC(=O)C1CCN([C@@H](C(=O)O)c2ccccc2)C1C(=O)Cc1ccc2c(n1)CCCN2. The third-order valence-corrected chi connectivity index (χ3v) is 6.11. The van der Waals surface area contributed by atoms with Gasteiger partial charge in [0.25, 0.3) is 0 Å². The van der Waals surface area contributed by atoms with Gasteiger partial charge >= 0.3 is 5.97 Å². The minimum atomic E-state index is -1.06. The smallest absolute Gasteiger partial charge is 0.325 e. The first-order chi connectivity index (χ1) is 15.0. The molecule has 4 N–H and O–H groups in total. The number of carbonyl (C=O) groups excluding carboxylic acids is 2. The highest BCUT2D eigenvalue weighted by Crippen LogP contribution is 2.34. The lowest BCUT2D eigenvalue weighted by Crippen LogP contribution is -2.47. The van der Waals surface area contributed by atoms with Gasteiger partial charge < -0.3 is 16.2 Å². The molecule has 0 spiro atoms. The van der Waals surface area contributed by atoms with Gasteiger partial charge in [0, 0.05) is 18.8 Å². The number of primary amides is 1. The molecule has 3 atom stereocenters. The number of carbonyl (C=O) groups is 3. The zero-order valence-electron chi connectivity index (χ0n) is 17.6. The van der Waals surface area contributed by atoms with Crippen molar-refractivity contribution in [2.75, 3.05) is 18.4 Å². The van der Waals surface area contributed by atoms with Crippen LogP contribution in [-0.4, -0.2) is 51.8 Å². The number of aryl methyl sites for hydroxylation is 1. The van der Waals surface area contributed by atoms with Crippen molar-refractivity contribution in [1.29, 1.82) is 0 Å². The van der Waals surface area contributed by atoms with E-state index in [0.717, 1.165) is 30.8 Å². The second kappa shape index (κ2) is 10.1. The molecule has 3 heterocycles. The summed E-state index contributed by atoms with van der Waals surface area (Å²) in [6, 6.07) is 10.6. The molecule has 1 fully saturated rings. The Hall–Kier alpha value is -2.97. The number of Topliss-reactive ketones (excluding diaryl/α,β-unsaturated/α-hetero) is 1. The molecule has 0 saturated carbocycles. The maximum atomic E-state index is 13.4. The maximum Gasteiger partial charge on any atom is 0.325 e. The van der Waals surface area contributed by atoms with Crippen LogP contribution in [0.2, 0.25) is 0 Å². The van der Waals surface area contributed by atoms with Crippen molar-refractivity contribution in [3.05, 3.63) is 59.4 Å². The number of nitrogens with zero attached hydrogens (tertiary/aromatic N) is 2.